The molecule has 2 aliphatic rings. The molecular weight excluding hydrogens is 404 g/mol. The van der Waals surface area contributed by atoms with Crippen LogP contribution in [-0.2, 0) is 11.3 Å². The topological polar surface area (TPSA) is 93.7 Å². The average Bonchev–Trinajstić information content (AvgIpc) is 3.40. The molecule has 2 aliphatic heterocycles. The number of likely N-dealkylation sites (tertiary alicyclic amines) is 1. The van der Waals surface area contributed by atoms with Crippen LogP contribution in [0.15, 0.2) is 42.9 Å². The fourth-order valence-electron chi connectivity index (χ4n) is 4.91. The summed E-state index contributed by atoms with van der Waals surface area (Å²) < 4.78 is 1.84. The number of piperazine rings is 1. The van der Waals surface area contributed by atoms with Gasteiger partial charge in [0.1, 0.15) is 18.2 Å². The zero-order valence-electron chi connectivity index (χ0n) is 18.1. The van der Waals surface area contributed by atoms with E-state index in [2.05, 4.69) is 30.9 Å². The summed E-state index contributed by atoms with van der Waals surface area (Å²) in [6.45, 7) is 2.87. The van der Waals surface area contributed by atoms with Crippen molar-refractivity contribution in [1.29, 1.82) is 5.26 Å². The molecule has 5 heterocycles. The number of fused-ring (bicyclic) bond motifs is 3. The van der Waals surface area contributed by atoms with Crippen molar-refractivity contribution < 1.29 is 4.79 Å². The van der Waals surface area contributed by atoms with Crippen molar-refractivity contribution in [3.63, 3.8) is 0 Å². The number of anilines is 1. The Kier molecular flexibility index (Phi) is 5.45. The van der Waals surface area contributed by atoms with E-state index in [1.165, 1.54) is 0 Å². The summed E-state index contributed by atoms with van der Waals surface area (Å²) in [6.07, 6.45) is 5.82. The minimum absolute atomic E-state index is 0.208. The highest BCUT2D eigenvalue weighted by Crippen LogP contribution is 2.34. The van der Waals surface area contributed by atoms with Gasteiger partial charge in [-0.25, -0.2) is 14.5 Å². The Morgan fingerprint density at radius 2 is 2.00 bits per heavy atom. The van der Waals surface area contributed by atoms with Gasteiger partial charge in [-0.15, -0.1) is 0 Å². The lowest BCUT2D eigenvalue weighted by Gasteiger charge is -2.42. The first-order valence-electron chi connectivity index (χ1n) is 11.0. The molecule has 2 unspecified atom stereocenters. The van der Waals surface area contributed by atoms with E-state index < -0.39 is 0 Å². The molecule has 0 aromatic carbocycles. The molecule has 0 saturated carbocycles. The summed E-state index contributed by atoms with van der Waals surface area (Å²) in [5.74, 6) is 1.12. The molecule has 0 spiro atoms. The van der Waals surface area contributed by atoms with Crippen LogP contribution in [0.1, 0.15) is 30.5 Å². The average molecular weight is 431 g/mol. The number of hydrogen-bond donors (Lipinski definition) is 0. The molecule has 2 bridgehead atoms. The first-order valence-corrected chi connectivity index (χ1v) is 11.0. The van der Waals surface area contributed by atoms with Gasteiger partial charge in [-0.05, 0) is 44.2 Å². The van der Waals surface area contributed by atoms with Crippen molar-refractivity contribution in [1.82, 2.24) is 29.4 Å². The van der Waals surface area contributed by atoms with Crippen molar-refractivity contribution in [3.05, 3.63) is 54.1 Å². The van der Waals surface area contributed by atoms with Gasteiger partial charge < -0.3 is 14.7 Å². The van der Waals surface area contributed by atoms with Gasteiger partial charge in [-0.2, -0.15) is 10.4 Å². The molecule has 9 heteroatoms. The third-order valence-corrected chi connectivity index (χ3v) is 6.50. The van der Waals surface area contributed by atoms with Crippen LogP contribution < -0.4 is 4.90 Å². The Hall–Kier alpha value is -3.51. The molecule has 9 nitrogen and oxygen atoms in total. The van der Waals surface area contributed by atoms with Gasteiger partial charge in [-0.3, -0.25) is 4.79 Å². The van der Waals surface area contributed by atoms with E-state index in [-0.39, 0.29) is 5.91 Å². The van der Waals surface area contributed by atoms with Crippen LogP contribution in [0.25, 0.3) is 5.65 Å². The predicted molar refractivity (Wildman–Crippen MR) is 119 cm³/mol. The van der Waals surface area contributed by atoms with Crippen molar-refractivity contribution in [2.75, 3.05) is 31.6 Å². The van der Waals surface area contributed by atoms with Gasteiger partial charge in [0.15, 0.2) is 5.65 Å². The van der Waals surface area contributed by atoms with Crippen LogP contribution in [0.2, 0.25) is 0 Å². The van der Waals surface area contributed by atoms with Crippen LogP contribution in [0.5, 0.6) is 0 Å². The summed E-state index contributed by atoms with van der Waals surface area (Å²) in [7, 11) is 2.03. The molecular formula is C23H26N8O. The van der Waals surface area contributed by atoms with Crippen LogP contribution in [-0.4, -0.2) is 74.1 Å². The van der Waals surface area contributed by atoms with Crippen molar-refractivity contribution >= 4 is 17.4 Å². The van der Waals surface area contributed by atoms with Gasteiger partial charge in [0.05, 0.1) is 11.3 Å². The second-order valence-electron chi connectivity index (χ2n) is 8.64. The van der Waals surface area contributed by atoms with Gasteiger partial charge in [0, 0.05) is 50.9 Å². The highest BCUT2D eigenvalue weighted by atomic mass is 16.2. The normalized spacial score (nSPS) is 20.2. The highest BCUT2D eigenvalue weighted by Gasteiger charge is 2.41. The minimum Gasteiger partial charge on any atom is -0.347 e. The molecule has 1 amide bonds. The maximum absolute atomic E-state index is 13.0. The van der Waals surface area contributed by atoms with Crippen LogP contribution >= 0.6 is 0 Å². The van der Waals surface area contributed by atoms with E-state index in [1.807, 2.05) is 46.8 Å². The van der Waals surface area contributed by atoms with Gasteiger partial charge >= 0.3 is 0 Å². The van der Waals surface area contributed by atoms with Gasteiger partial charge in [0.25, 0.3) is 0 Å². The molecule has 3 aromatic heterocycles. The third kappa shape index (κ3) is 3.89. The van der Waals surface area contributed by atoms with Gasteiger partial charge in [0.2, 0.25) is 5.91 Å². The van der Waals surface area contributed by atoms with Crippen molar-refractivity contribution in [2.45, 2.75) is 37.9 Å². The number of amides is 1. The number of pyridine rings is 2. The fourth-order valence-corrected chi connectivity index (χ4v) is 4.91. The molecule has 2 atom stereocenters. The van der Waals surface area contributed by atoms with Crippen LogP contribution in [0.3, 0.4) is 0 Å². The Labute approximate surface area is 186 Å². The lowest BCUT2D eigenvalue weighted by molar-refractivity contribution is -0.132. The molecule has 0 radical (unpaired) electrons. The number of hydrogen-bond acceptors (Lipinski definition) is 7. The number of nitrogens with zero attached hydrogens (tertiary/aromatic N) is 8. The van der Waals surface area contributed by atoms with E-state index in [4.69, 9.17) is 5.26 Å². The Bertz CT molecular complexity index is 1140. The largest absolute Gasteiger partial charge is 0.347 e. The molecule has 2 saturated heterocycles. The van der Waals surface area contributed by atoms with E-state index >= 15 is 0 Å². The number of carbonyl (C=O) groups excluding carboxylic acids is 1. The Morgan fingerprint density at radius 3 is 2.72 bits per heavy atom. The quantitative estimate of drug-likeness (QED) is 0.587. The first kappa shape index (κ1) is 20.4. The Balaban J connectivity index is 1.16. The molecule has 0 aliphatic carbocycles. The second kappa shape index (κ2) is 8.55. The number of nitriles is 1. The molecule has 164 valence electrons. The van der Waals surface area contributed by atoms with Gasteiger partial charge in [-0.1, -0.05) is 6.07 Å². The standard InChI is InChI=1S/C23H26N8O/c1-28(13-20-3-2-4-22-26-16-27-31(20)22)10-9-23(32)29-14-18-6-7-19(15-29)30(18)21-8-5-17(11-24)12-25-21/h2-5,8,12,16,18-19H,6-7,9-10,13-15H2,1H3. The van der Waals surface area contributed by atoms with Crippen molar-refractivity contribution in [2.24, 2.45) is 0 Å². The number of rotatable bonds is 6. The molecule has 5 rings (SSSR count). The molecule has 2 fully saturated rings. The molecule has 3 aromatic rings. The highest BCUT2D eigenvalue weighted by molar-refractivity contribution is 5.77. The SMILES string of the molecule is CN(CCC(=O)N1CC2CCC(C1)N2c1ccc(C#N)cn1)Cc1cccc2ncnn12. The summed E-state index contributed by atoms with van der Waals surface area (Å²) in [5, 5.41) is 13.3. The summed E-state index contributed by atoms with van der Waals surface area (Å²) >= 11 is 0. The predicted octanol–water partition coefficient (Wildman–Crippen LogP) is 1.70. The van der Waals surface area contributed by atoms with E-state index in [0.717, 1.165) is 43.1 Å². The Morgan fingerprint density at radius 1 is 1.19 bits per heavy atom. The molecule has 0 N–H and O–H groups in total. The fraction of sp³-hybridized carbons (Fsp3) is 0.435. The second-order valence-corrected chi connectivity index (χ2v) is 8.64. The van der Waals surface area contributed by atoms with E-state index in [9.17, 15) is 4.79 Å². The first-order chi connectivity index (χ1) is 15.6. The lowest BCUT2D eigenvalue weighted by atomic mass is 10.1. The van der Waals surface area contributed by atoms with Crippen LogP contribution in [0, 0.1) is 11.3 Å². The number of carbonyl (C=O) groups is 1. The number of aromatic nitrogens is 4. The summed E-state index contributed by atoms with van der Waals surface area (Å²) in [5.41, 5.74) is 2.45. The monoisotopic (exact) mass is 430 g/mol. The van der Waals surface area contributed by atoms with E-state index in [0.29, 0.717) is 37.2 Å². The summed E-state index contributed by atoms with van der Waals surface area (Å²) in [6, 6.07) is 12.4. The maximum atomic E-state index is 13.0. The molecule has 32 heavy (non-hydrogen) atoms. The lowest BCUT2D eigenvalue weighted by Crippen LogP contribution is -2.56. The smallest absolute Gasteiger partial charge is 0.223 e. The van der Waals surface area contributed by atoms with Crippen LogP contribution in [0.4, 0.5) is 5.82 Å². The zero-order chi connectivity index (χ0) is 22.1. The minimum atomic E-state index is 0.208. The zero-order valence-corrected chi connectivity index (χ0v) is 18.1. The third-order valence-electron chi connectivity index (χ3n) is 6.50. The van der Waals surface area contributed by atoms with Crippen molar-refractivity contribution in [3.8, 4) is 6.07 Å². The van der Waals surface area contributed by atoms with E-state index in [1.54, 1.807) is 12.5 Å². The maximum Gasteiger partial charge on any atom is 0.223 e. The summed E-state index contributed by atoms with van der Waals surface area (Å²) in [4.78, 5) is 28.2.